The minimum Gasteiger partial charge on any atom is -0.436 e. The number of amides is 1. The number of aromatic amines is 1. The number of methoxy groups -OCH3 is 1. The summed E-state index contributed by atoms with van der Waals surface area (Å²) in [4.78, 5) is 40.8. The highest BCUT2D eigenvalue weighted by Crippen LogP contribution is 2.37. The molecule has 0 saturated carbocycles. The number of fused-ring (bicyclic) bond motifs is 1. The van der Waals surface area contributed by atoms with Gasteiger partial charge < -0.3 is 36.1 Å². The van der Waals surface area contributed by atoms with Gasteiger partial charge in [0, 0.05) is 30.8 Å². The van der Waals surface area contributed by atoms with Crippen LogP contribution in [0.1, 0.15) is 32.3 Å². The molecule has 6 N–H and O–H groups in total. The summed E-state index contributed by atoms with van der Waals surface area (Å²) >= 11 is 0. The van der Waals surface area contributed by atoms with E-state index in [1.165, 1.54) is 19.2 Å². The Morgan fingerprint density at radius 2 is 1.95 bits per heavy atom. The first kappa shape index (κ1) is 30.7. The van der Waals surface area contributed by atoms with E-state index < -0.39 is 29.2 Å². The van der Waals surface area contributed by atoms with Gasteiger partial charge >= 0.3 is 6.18 Å². The third-order valence-electron chi connectivity index (χ3n) is 6.99. The monoisotopic (exact) mass is 612 g/mol. The maximum atomic E-state index is 13.7. The number of halogens is 3. The van der Waals surface area contributed by atoms with Crippen molar-refractivity contribution in [1.82, 2.24) is 25.3 Å². The normalized spacial score (nSPS) is 17.4. The molecule has 44 heavy (non-hydrogen) atoms. The lowest BCUT2D eigenvalue weighted by atomic mass is 10.0. The van der Waals surface area contributed by atoms with Crippen LogP contribution in [0, 0.1) is 0 Å². The number of hydrogen-bond donors (Lipinski definition) is 5. The Morgan fingerprint density at radius 3 is 2.66 bits per heavy atom. The van der Waals surface area contributed by atoms with Crippen LogP contribution >= 0.6 is 0 Å². The van der Waals surface area contributed by atoms with Crippen LogP contribution in [-0.2, 0) is 15.7 Å². The number of para-hydroxylation sites is 1. The molecule has 1 fully saturated rings. The number of alkyl halides is 3. The van der Waals surface area contributed by atoms with E-state index in [1.54, 1.807) is 18.2 Å². The van der Waals surface area contributed by atoms with Gasteiger partial charge in [0.05, 0.1) is 35.1 Å². The number of nitrogens with one attached hydrogen (secondary N) is 4. The number of aromatic nitrogens is 4. The van der Waals surface area contributed by atoms with Gasteiger partial charge in [0.1, 0.15) is 5.52 Å². The zero-order chi connectivity index (χ0) is 31.6. The van der Waals surface area contributed by atoms with E-state index in [0.29, 0.717) is 18.5 Å². The van der Waals surface area contributed by atoms with Gasteiger partial charge in [0.15, 0.2) is 11.6 Å². The molecule has 12 nitrogen and oxygen atoms in total. The fraction of sp³-hybridized carbons (Fsp3) is 0.345. The number of nitrogens with two attached hydrogens (primary N) is 1. The summed E-state index contributed by atoms with van der Waals surface area (Å²) in [5.74, 6) is -0.422. The van der Waals surface area contributed by atoms with E-state index in [9.17, 15) is 22.8 Å². The van der Waals surface area contributed by atoms with Crippen molar-refractivity contribution in [1.29, 1.82) is 0 Å². The molecule has 5 rings (SSSR count). The van der Waals surface area contributed by atoms with Gasteiger partial charge in [-0.3, -0.25) is 9.59 Å². The highest BCUT2D eigenvalue weighted by atomic mass is 19.4. The molecular formula is C29H31F3N8O4. The van der Waals surface area contributed by atoms with E-state index in [-0.39, 0.29) is 57.9 Å². The second kappa shape index (κ2) is 12.5. The van der Waals surface area contributed by atoms with Crippen LogP contribution in [0.15, 0.2) is 47.3 Å². The van der Waals surface area contributed by atoms with Crippen molar-refractivity contribution >= 4 is 34.4 Å². The third-order valence-corrected chi connectivity index (χ3v) is 6.99. The number of hydrogen-bond acceptors (Lipinski definition) is 10. The van der Waals surface area contributed by atoms with Crippen LogP contribution in [0.3, 0.4) is 0 Å². The van der Waals surface area contributed by atoms with Gasteiger partial charge in [0.2, 0.25) is 17.7 Å². The van der Waals surface area contributed by atoms with Crippen molar-refractivity contribution in [2.75, 3.05) is 30.1 Å². The molecule has 4 aromatic rings. The largest absolute Gasteiger partial charge is 0.436 e. The first-order valence-corrected chi connectivity index (χ1v) is 13.8. The number of H-pyrrole nitrogens is 1. The average molecular weight is 613 g/mol. The summed E-state index contributed by atoms with van der Waals surface area (Å²) < 4.78 is 52.5. The van der Waals surface area contributed by atoms with Gasteiger partial charge in [-0.15, -0.1) is 0 Å². The Bertz CT molecular complexity index is 1750. The zero-order valence-electron chi connectivity index (χ0n) is 24.1. The number of nitrogen functional groups attached to an aromatic ring is 1. The van der Waals surface area contributed by atoms with Crippen molar-refractivity contribution in [3.8, 4) is 22.9 Å². The number of ether oxygens (including phenoxy) is 2. The highest BCUT2D eigenvalue weighted by molar-refractivity contribution is 5.98. The van der Waals surface area contributed by atoms with E-state index in [1.807, 2.05) is 13.8 Å². The fourth-order valence-corrected chi connectivity index (χ4v) is 4.88. The zero-order valence-corrected chi connectivity index (χ0v) is 24.1. The SMILES string of the molecule is COCC(C)Nc1nc(Oc2cccc3[nH]c(=O)c(N)nc23)cc(-c2ccc(C(F)(F)F)cc2NC(=O)[C@@H]2CC[C@@H](C)N2)n1. The summed E-state index contributed by atoms with van der Waals surface area (Å²) in [6, 6.07) is 8.60. The Morgan fingerprint density at radius 1 is 1.16 bits per heavy atom. The molecule has 1 unspecified atom stereocenters. The molecule has 1 saturated heterocycles. The molecule has 3 atom stereocenters. The van der Waals surface area contributed by atoms with Crippen LogP contribution in [0.5, 0.6) is 11.6 Å². The number of carbonyl (C=O) groups excluding carboxylic acids is 1. The molecule has 0 aliphatic carbocycles. The lowest BCUT2D eigenvalue weighted by Gasteiger charge is -2.19. The molecule has 3 heterocycles. The van der Waals surface area contributed by atoms with Gasteiger partial charge in [-0.05, 0) is 51.0 Å². The second-order valence-corrected chi connectivity index (χ2v) is 10.6. The van der Waals surface area contributed by atoms with Gasteiger partial charge in [-0.2, -0.15) is 18.2 Å². The Labute approximate surface area is 249 Å². The van der Waals surface area contributed by atoms with E-state index in [4.69, 9.17) is 15.2 Å². The fourth-order valence-electron chi connectivity index (χ4n) is 4.88. The third kappa shape index (κ3) is 6.89. The first-order valence-electron chi connectivity index (χ1n) is 13.8. The molecule has 0 bridgehead atoms. The Kier molecular flexibility index (Phi) is 8.69. The lowest BCUT2D eigenvalue weighted by molar-refractivity contribution is -0.137. The standard InChI is InChI=1S/C29H31F3N8O4/c1-14-7-10-19(34-14)26(41)37-20-11-16(29(30,31)32)8-9-17(20)21-12-23(39-28(38-21)35-15(2)13-43-3)44-22-6-4-5-18-24(22)40-25(33)27(42)36-18/h4-6,8-9,11-12,14-15,19,34H,7,10,13H2,1-3H3,(H2,33,40)(H,36,42)(H,37,41)(H,35,38,39)/t14-,15?,19+/m1/s1. The molecule has 1 aliphatic rings. The minimum absolute atomic E-state index is 0.00430. The van der Waals surface area contributed by atoms with E-state index >= 15 is 0 Å². The van der Waals surface area contributed by atoms with Crippen molar-refractivity contribution < 1.29 is 27.4 Å². The average Bonchev–Trinajstić information content (AvgIpc) is 3.40. The van der Waals surface area contributed by atoms with Crippen molar-refractivity contribution in [2.24, 2.45) is 0 Å². The molecule has 15 heteroatoms. The number of benzene rings is 2. The van der Waals surface area contributed by atoms with Crippen molar-refractivity contribution in [3.63, 3.8) is 0 Å². The van der Waals surface area contributed by atoms with E-state index in [0.717, 1.165) is 18.6 Å². The Balaban J connectivity index is 1.60. The number of carbonyl (C=O) groups is 1. The maximum Gasteiger partial charge on any atom is 0.416 e. The Hall–Kier alpha value is -4.76. The van der Waals surface area contributed by atoms with Gasteiger partial charge in [0.25, 0.3) is 5.56 Å². The summed E-state index contributed by atoms with van der Waals surface area (Å²) in [5, 5.41) is 8.90. The molecule has 1 amide bonds. The molecule has 232 valence electrons. The quantitative estimate of drug-likeness (QED) is 0.184. The predicted molar refractivity (Wildman–Crippen MR) is 159 cm³/mol. The highest BCUT2D eigenvalue weighted by Gasteiger charge is 2.33. The van der Waals surface area contributed by atoms with Crippen LogP contribution < -0.4 is 32.0 Å². The van der Waals surface area contributed by atoms with Crippen LogP contribution in [0.25, 0.3) is 22.3 Å². The van der Waals surface area contributed by atoms with Crippen LogP contribution in [0.2, 0.25) is 0 Å². The summed E-state index contributed by atoms with van der Waals surface area (Å²) in [6.07, 6.45) is -3.34. The lowest BCUT2D eigenvalue weighted by Crippen LogP contribution is -2.38. The smallest absolute Gasteiger partial charge is 0.416 e. The maximum absolute atomic E-state index is 13.7. The van der Waals surface area contributed by atoms with Crippen molar-refractivity contribution in [3.05, 3.63) is 58.4 Å². The number of rotatable bonds is 9. The van der Waals surface area contributed by atoms with Gasteiger partial charge in [-0.1, -0.05) is 12.1 Å². The minimum atomic E-state index is -4.65. The summed E-state index contributed by atoms with van der Waals surface area (Å²) in [5.41, 5.74) is 5.15. The molecular weight excluding hydrogens is 581 g/mol. The number of nitrogens with zero attached hydrogens (tertiary/aromatic N) is 3. The molecule has 2 aromatic carbocycles. The molecule has 2 aromatic heterocycles. The van der Waals surface area contributed by atoms with E-state index in [2.05, 4.69) is 35.9 Å². The molecule has 1 aliphatic heterocycles. The molecule has 0 spiro atoms. The topological polar surface area (TPSA) is 169 Å². The van der Waals surface area contributed by atoms with Gasteiger partial charge in [-0.25, -0.2) is 9.97 Å². The second-order valence-electron chi connectivity index (χ2n) is 10.6. The summed E-state index contributed by atoms with van der Waals surface area (Å²) in [7, 11) is 1.53. The van der Waals surface area contributed by atoms with Crippen LogP contribution in [-0.4, -0.2) is 57.7 Å². The molecule has 0 radical (unpaired) electrons. The van der Waals surface area contributed by atoms with Crippen LogP contribution in [0.4, 0.5) is 30.6 Å². The predicted octanol–water partition coefficient (Wildman–Crippen LogP) is 4.30. The summed E-state index contributed by atoms with van der Waals surface area (Å²) in [6.45, 7) is 4.06. The number of anilines is 3. The first-order chi connectivity index (χ1) is 20.9. The van der Waals surface area contributed by atoms with Crippen molar-refractivity contribution in [2.45, 2.75) is 51.0 Å².